The van der Waals surface area contributed by atoms with Crippen molar-refractivity contribution in [1.29, 1.82) is 0 Å². The van der Waals surface area contributed by atoms with Crippen molar-refractivity contribution in [2.45, 2.75) is 25.8 Å². The summed E-state index contributed by atoms with van der Waals surface area (Å²) in [4.78, 5) is 2.52. The number of rotatable bonds is 3. The van der Waals surface area contributed by atoms with Crippen molar-refractivity contribution in [3.05, 3.63) is 65.7 Å². The van der Waals surface area contributed by atoms with Gasteiger partial charge in [-0.25, -0.2) is 0 Å². The number of nitrogens with zero attached hydrogens (tertiary/aromatic N) is 1. The van der Waals surface area contributed by atoms with Crippen LogP contribution in [0, 0.1) is 0 Å². The number of benzene rings is 2. The molecule has 0 aliphatic carbocycles. The first-order chi connectivity index (χ1) is 10.4. The molecule has 0 spiro atoms. The maximum absolute atomic E-state index is 3.68. The summed E-state index contributed by atoms with van der Waals surface area (Å²) in [6, 6.07) is 20.2. The molecule has 1 N–H and O–H groups in total. The van der Waals surface area contributed by atoms with Crippen molar-refractivity contribution < 1.29 is 0 Å². The Kier molecular flexibility index (Phi) is 4.56. The molecule has 0 aromatic heterocycles. The zero-order chi connectivity index (χ0) is 14.5. The molecule has 0 saturated carbocycles. The maximum Gasteiger partial charge on any atom is 0.0498 e. The minimum atomic E-state index is 0.416. The van der Waals surface area contributed by atoms with Gasteiger partial charge in [-0.05, 0) is 42.6 Å². The van der Waals surface area contributed by atoms with Gasteiger partial charge < -0.3 is 10.2 Å². The highest BCUT2D eigenvalue weighted by Gasteiger charge is 2.19. The van der Waals surface area contributed by atoms with E-state index in [4.69, 9.17) is 0 Å². The first kappa shape index (κ1) is 14.2. The van der Waals surface area contributed by atoms with Crippen LogP contribution in [-0.4, -0.2) is 19.6 Å². The molecule has 3 rings (SSSR count). The topological polar surface area (TPSA) is 15.3 Å². The van der Waals surface area contributed by atoms with Gasteiger partial charge in [0.2, 0.25) is 0 Å². The monoisotopic (exact) mass is 280 g/mol. The summed E-state index contributed by atoms with van der Waals surface area (Å²) in [7, 11) is 0. The molecule has 2 aromatic carbocycles. The summed E-state index contributed by atoms with van der Waals surface area (Å²) < 4.78 is 0. The predicted molar refractivity (Wildman–Crippen MR) is 89.8 cm³/mol. The van der Waals surface area contributed by atoms with Gasteiger partial charge in [0.1, 0.15) is 0 Å². The number of anilines is 1. The molecule has 1 fully saturated rings. The van der Waals surface area contributed by atoms with Crippen LogP contribution in [0.4, 0.5) is 5.69 Å². The Balaban J connectivity index is 1.81. The highest BCUT2D eigenvalue weighted by atomic mass is 15.2. The summed E-state index contributed by atoms with van der Waals surface area (Å²) in [6.07, 6.45) is 2.29. The van der Waals surface area contributed by atoms with E-state index >= 15 is 0 Å². The van der Waals surface area contributed by atoms with Crippen molar-refractivity contribution in [2.75, 3.05) is 24.5 Å². The van der Waals surface area contributed by atoms with E-state index in [0.29, 0.717) is 6.04 Å². The van der Waals surface area contributed by atoms with Crippen LogP contribution in [0.15, 0.2) is 54.6 Å². The summed E-state index contributed by atoms with van der Waals surface area (Å²) >= 11 is 0. The molecule has 1 aliphatic rings. The maximum atomic E-state index is 3.68. The first-order valence-electron chi connectivity index (χ1n) is 7.99. The standard InChI is InChI=1S/C19H24N2/c1-2-16-8-6-11-18(14-16)21-13-7-12-20-19(15-21)17-9-4-3-5-10-17/h3-6,8-11,14,19-20H,2,7,12-13,15H2,1H3. The fraction of sp³-hybridized carbons (Fsp3) is 0.368. The van der Waals surface area contributed by atoms with E-state index in [9.17, 15) is 0 Å². The number of nitrogens with one attached hydrogen (secondary N) is 1. The molecule has 110 valence electrons. The van der Waals surface area contributed by atoms with Gasteiger partial charge in [0.25, 0.3) is 0 Å². The Labute approximate surface area is 127 Å². The fourth-order valence-corrected chi connectivity index (χ4v) is 3.04. The molecule has 21 heavy (non-hydrogen) atoms. The molecule has 1 saturated heterocycles. The van der Waals surface area contributed by atoms with Gasteiger partial charge in [-0.15, -0.1) is 0 Å². The minimum absolute atomic E-state index is 0.416. The highest BCUT2D eigenvalue weighted by Crippen LogP contribution is 2.23. The Bertz CT molecular complexity index is 565. The third kappa shape index (κ3) is 3.45. The van der Waals surface area contributed by atoms with Gasteiger partial charge in [-0.2, -0.15) is 0 Å². The van der Waals surface area contributed by atoms with Crippen LogP contribution in [0.1, 0.15) is 30.5 Å². The average molecular weight is 280 g/mol. The van der Waals surface area contributed by atoms with Crippen molar-refractivity contribution in [3.8, 4) is 0 Å². The zero-order valence-corrected chi connectivity index (χ0v) is 12.8. The van der Waals surface area contributed by atoms with Crippen LogP contribution < -0.4 is 10.2 Å². The van der Waals surface area contributed by atoms with E-state index in [1.807, 2.05) is 0 Å². The van der Waals surface area contributed by atoms with Gasteiger partial charge in [0.05, 0.1) is 0 Å². The Hall–Kier alpha value is -1.80. The second kappa shape index (κ2) is 6.77. The molecule has 1 atom stereocenters. The Morgan fingerprint density at radius 2 is 1.95 bits per heavy atom. The van der Waals surface area contributed by atoms with Gasteiger partial charge in [-0.3, -0.25) is 0 Å². The van der Waals surface area contributed by atoms with Crippen LogP contribution in [0.5, 0.6) is 0 Å². The largest absolute Gasteiger partial charge is 0.370 e. The van der Waals surface area contributed by atoms with Crippen molar-refractivity contribution >= 4 is 5.69 Å². The Morgan fingerprint density at radius 3 is 2.76 bits per heavy atom. The molecule has 2 nitrogen and oxygen atoms in total. The molecule has 0 radical (unpaired) electrons. The third-order valence-electron chi connectivity index (χ3n) is 4.28. The van der Waals surface area contributed by atoms with Crippen molar-refractivity contribution in [1.82, 2.24) is 5.32 Å². The predicted octanol–water partition coefficient (Wildman–Crippen LogP) is 3.79. The normalized spacial score (nSPS) is 19.3. The molecular weight excluding hydrogens is 256 g/mol. The van der Waals surface area contributed by atoms with Crippen LogP contribution in [0.25, 0.3) is 0 Å². The molecule has 1 aliphatic heterocycles. The van der Waals surface area contributed by atoms with Gasteiger partial charge in [0, 0.05) is 24.8 Å². The van der Waals surface area contributed by atoms with E-state index < -0.39 is 0 Å². The molecule has 2 heteroatoms. The van der Waals surface area contributed by atoms with Crippen molar-refractivity contribution in [3.63, 3.8) is 0 Å². The second-order valence-electron chi connectivity index (χ2n) is 5.74. The van der Waals surface area contributed by atoms with Crippen LogP contribution in [0.3, 0.4) is 0 Å². The summed E-state index contributed by atoms with van der Waals surface area (Å²) in [6.45, 7) is 5.47. The molecular formula is C19H24N2. The van der Waals surface area contributed by atoms with Gasteiger partial charge >= 0.3 is 0 Å². The molecule has 0 amide bonds. The van der Waals surface area contributed by atoms with E-state index in [0.717, 1.165) is 26.1 Å². The molecule has 1 unspecified atom stereocenters. The van der Waals surface area contributed by atoms with E-state index in [-0.39, 0.29) is 0 Å². The van der Waals surface area contributed by atoms with Crippen molar-refractivity contribution in [2.24, 2.45) is 0 Å². The summed E-state index contributed by atoms with van der Waals surface area (Å²) in [5, 5.41) is 3.68. The zero-order valence-electron chi connectivity index (χ0n) is 12.8. The SMILES string of the molecule is CCc1cccc(N2CCCNC(c3ccccc3)C2)c1. The third-order valence-corrected chi connectivity index (χ3v) is 4.28. The van der Waals surface area contributed by atoms with E-state index in [1.165, 1.54) is 23.2 Å². The molecule has 1 heterocycles. The first-order valence-corrected chi connectivity index (χ1v) is 7.99. The fourth-order valence-electron chi connectivity index (χ4n) is 3.04. The second-order valence-corrected chi connectivity index (χ2v) is 5.74. The van der Waals surface area contributed by atoms with Crippen LogP contribution in [-0.2, 0) is 6.42 Å². The highest BCUT2D eigenvalue weighted by molar-refractivity contribution is 5.49. The smallest absolute Gasteiger partial charge is 0.0498 e. The number of hydrogen-bond donors (Lipinski definition) is 1. The lowest BCUT2D eigenvalue weighted by Crippen LogP contribution is -2.31. The average Bonchev–Trinajstić information content (AvgIpc) is 2.82. The van der Waals surface area contributed by atoms with Crippen LogP contribution in [0.2, 0.25) is 0 Å². The number of hydrogen-bond acceptors (Lipinski definition) is 2. The van der Waals surface area contributed by atoms with E-state index in [2.05, 4.69) is 71.7 Å². The lowest BCUT2D eigenvalue weighted by molar-refractivity contribution is 0.570. The Morgan fingerprint density at radius 1 is 1.10 bits per heavy atom. The summed E-state index contributed by atoms with van der Waals surface area (Å²) in [5.74, 6) is 0. The number of aryl methyl sites for hydroxylation is 1. The molecule has 2 aromatic rings. The van der Waals surface area contributed by atoms with Gasteiger partial charge in [-0.1, -0.05) is 49.4 Å². The van der Waals surface area contributed by atoms with Crippen LogP contribution >= 0.6 is 0 Å². The van der Waals surface area contributed by atoms with E-state index in [1.54, 1.807) is 0 Å². The van der Waals surface area contributed by atoms with Gasteiger partial charge in [0.15, 0.2) is 0 Å². The minimum Gasteiger partial charge on any atom is -0.370 e. The lowest BCUT2D eigenvalue weighted by Gasteiger charge is -2.27. The quantitative estimate of drug-likeness (QED) is 0.920. The summed E-state index contributed by atoms with van der Waals surface area (Å²) in [5.41, 5.74) is 4.16. The lowest BCUT2D eigenvalue weighted by atomic mass is 10.1. The molecule has 0 bridgehead atoms.